The lowest BCUT2D eigenvalue weighted by Gasteiger charge is -2.09. The second-order valence-corrected chi connectivity index (χ2v) is 5.89. The molecule has 3 aromatic rings. The Balaban J connectivity index is 1.62. The van der Waals surface area contributed by atoms with Crippen LogP contribution in [0.5, 0.6) is 0 Å². The number of nitrogens with one attached hydrogen (secondary N) is 1. The third-order valence-electron chi connectivity index (χ3n) is 3.89. The summed E-state index contributed by atoms with van der Waals surface area (Å²) in [4.78, 5) is 20.2. The van der Waals surface area contributed by atoms with E-state index >= 15 is 0 Å². The van der Waals surface area contributed by atoms with Gasteiger partial charge in [0.15, 0.2) is 0 Å². The third-order valence-corrected chi connectivity index (χ3v) is 3.89. The average molecular weight is 375 g/mol. The van der Waals surface area contributed by atoms with Gasteiger partial charge in [0.1, 0.15) is 11.4 Å². The van der Waals surface area contributed by atoms with E-state index in [0.29, 0.717) is 17.0 Å². The molecular formula is C18H16F3N5O. The molecule has 9 heteroatoms. The van der Waals surface area contributed by atoms with Crippen molar-refractivity contribution >= 4 is 5.91 Å². The lowest BCUT2D eigenvalue weighted by Crippen LogP contribution is -2.25. The van der Waals surface area contributed by atoms with Crippen LogP contribution in [0.15, 0.2) is 48.9 Å². The molecule has 2 aromatic heterocycles. The number of halogens is 3. The smallest absolute Gasteiger partial charge is 0.350 e. The average Bonchev–Trinajstić information content (AvgIpc) is 3.01. The molecule has 0 saturated heterocycles. The molecule has 1 amide bonds. The van der Waals surface area contributed by atoms with E-state index in [2.05, 4.69) is 20.4 Å². The zero-order valence-corrected chi connectivity index (χ0v) is 14.4. The molecule has 0 atom stereocenters. The van der Waals surface area contributed by atoms with Crippen LogP contribution < -0.4 is 5.32 Å². The van der Waals surface area contributed by atoms with Crippen LogP contribution in [-0.2, 0) is 31.0 Å². The molecule has 0 aliphatic heterocycles. The van der Waals surface area contributed by atoms with E-state index in [1.165, 1.54) is 12.1 Å². The first-order valence-electron chi connectivity index (χ1n) is 8.05. The van der Waals surface area contributed by atoms with Crippen LogP contribution in [-0.4, -0.2) is 25.7 Å². The minimum absolute atomic E-state index is 0.140. The molecule has 0 unspecified atom stereocenters. The maximum atomic E-state index is 12.7. The van der Waals surface area contributed by atoms with Crippen molar-refractivity contribution in [2.45, 2.75) is 19.1 Å². The Morgan fingerprint density at radius 2 is 2.00 bits per heavy atom. The first-order chi connectivity index (χ1) is 12.8. The number of aryl methyl sites for hydroxylation is 1. The Morgan fingerprint density at radius 3 is 2.70 bits per heavy atom. The molecular weight excluding hydrogens is 359 g/mol. The van der Waals surface area contributed by atoms with Crippen molar-refractivity contribution in [1.82, 2.24) is 25.1 Å². The van der Waals surface area contributed by atoms with Crippen molar-refractivity contribution in [3.8, 4) is 11.4 Å². The first-order valence-corrected chi connectivity index (χ1v) is 8.05. The lowest BCUT2D eigenvalue weighted by atomic mass is 10.1. The highest BCUT2D eigenvalue weighted by Crippen LogP contribution is 2.29. The Labute approximate surface area is 153 Å². The van der Waals surface area contributed by atoms with Crippen LogP contribution in [0.4, 0.5) is 13.2 Å². The van der Waals surface area contributed by atoms with E-state index < -0.39 is 11.7 Å². The summed E-state index contributed by atoms with van der Waals surface area (Å²) in [7, 11) is 1.73. The molecule has 1 aromatic carbocycles. The van der Waals surface area contributed by atoms with Crippen LogP contribution >= 0.6 is 0 Å². The van der Waals surface area contributed by atoms with E-state index in [4.69, 9.17) is 0 Å². The second-order valence-electron chi connectivity index (χ2n) is 5.89. The van der Waals surface area contributed by atoms with Crippen LogP contribution in [0.25, 0.3) is 11.4 Å². The summed E-state index contributed by atoms with van der Waals surface area (Å²) >= 11 is 0. The quantitative estimate of drug-likeness (QED) is 0.744. The molecule has 2 heterocycles. The minimum Gasteiger partial charge on any atom is -0.350 e. The number of aromatic nitrogens is 4. The number of amides is 1. The van der Waals surface area contributed by atoms with Crippen LogP contribution in [0.1, 0.15) is 16.8 Å². The molecule has 0 radical (unpaired) electrons. The van der Waals surface area contributed by atoms with Gasteiger partial charge in [-0.15, -0.1) is 0 Å². The third kappa shape index (κ3) is 4.69. The van der Waals surface area contributed by atoms with Crippen molar-refractivity contribution in [2.75, 3.05) is 0 Å². The number of rotatable bonds is 5. The fourth-order valence-electron chi connectivity index (χ4n) is 2.52. The first kappa shape index (κ1) is 18.6. The van der Waals surface area contributed by atoms with E-state index in [0.717, 1.165) is 17.8 Å². The Hall–Kier alpha value is -3.23. The monoisotopic (exact) mass is 375 g/mol. The number of benzene rings is 1. The zero-order valence-electron chi connectivity index (χ0n) is 14.4. The van der Waals surface area contributed by atoms with Gasteiger partial charge in [-0.2, -0.15) is 18.3 Å². The van der Waals surface area contributed by atoms with Gasteiger partial charge < -0.3 is 5.32 Å². The summed E-state index contributed by atoms with van der Waals surface area (Å²) in [6.45, 7) is 0.196. The van der Waals surface area contributed by atoms with Gasteiger partial charge in [0, 0.05) is 19.4 Å². The lowest BCUT2D eigenvalue weighted by molar-refractivity contribution is -0.137. The van der Waals surface area contributed by atoms with Crippen LogP contribution in [0.3, 0.4) is 0 Å². The zero-order chi connectivity index (χ0) is 19.4. The summed E-state index contributed by atoms with van der Waals surface area (Å²) in [6.07, 6.45) is 0.122. The van der Waals surface area contributed by atoms with Gasteiger partial charge in [0.2, 0.25) is 5.91 Å². The number of carbonyl (C=O) groups is 1. The summed E-state index contributed by atoms with van der Waals surface area (Å²) in [5.74, 6) is -0.378. The van der Waals surface area contributed by atoms with Crippen molar-refractivity contribution < 1.29 is 18.0 Å². The predicted molar refractivity (Wildman–Crippen MR) is 91.2 cm³/mol. The van der Waals surface area contributed by atoms with Gasteiger partial charge in [0.25, 0.3) is 0 Å². The Bertz CT molecular complexity index is 938. The van der Waals surface area contributed by atoms with Gasteiger partial charge in [0.05, 0.1) is 30.4 Å². The predicted octanol–water partition coefficient (Wildman–Crippen LogP) is 2.75. The summed E-state index contributed by atoms with van der Waals surface area (Å²) in [5, 5.41) is 7.01. The molecule has 140 valence electrons. The van der Waals surface area contributed by atoms with Gasteiger partial charge in [-0.1, -0.05) is 18.2 Å². The van der Waals surface area contributed by atoms with Gasteiger partial charge in [-0.05, 0) is 17.7 Å². The summed E-state index contributed by atoms with van der Waals surface area (Å²) < 4.78 is 39.8. The Kier molecular flexibility index (Phi) is 5.20. The number of carbonyl (C=O) groups excluding carboxylic acids is 1. The standard InChI is InChI=1S/C18H16F3N5O/c1-26-14(9-15(25-26)16-11-22-5-6-23-16)10-24-17(27)8-12-3-2-4-13(7-12)18(19,20)21/h2-7,9,11H,8,10H2,1H3,(H,24,27). The normalized spacial score (nSPS) is 11.4. The highest BCUT2D eigenvalue weighted by Gasteiger charge is 2.30. The SMILES string of the molecule is Cn1nc(-c2cnccn2)cc1CNC(=O)Cc1cccc(C(F)(F)F)c1. The van der Waals surface area contributed by atoms with Crippen molar-refractivity contribution in [1.29, 1.82) is 0 Å². The maximum absolute atomic E-state index is 12.7. The van der Waals surface area contributed by atoms with E-state index in [-0.39, 0.29) is 18.9 Å². The Morgan fingerprint density at radius 1 is 1.19 bits per heavy atom. The minimum atomic E-state index is -4.43. The van der Waals surface area contributed by atoms with Crippen LogP contribution in [0.2, 0.25) is 0 Å². The van der Waals surface area contributed by atoms with E-state index in [1.54, 1.807) is 36.4 Å². The molecule has 3 rings (SSSR count). The molecule has 0 bridgehead atoms. The largest absolute Gasteiger partial charge is 0.416 e. The molecule has 0 aliphatic carbocycles. The molecule has 1 N–H and O–H groups in total. The number of nitrogens with zero attached hydrogens (tertiary/aromatic N) is 4. The van der Waals surface area contributed by atoms with Gasteiger partial charge in [-0.3, -0.25) is 19.4 Å². The second kappa shape index (κ2) is 7.56. The molecule has 0 saturated carbocycles. The fraction of sp³-hybridized carbons (Fsp3) is 0.222. The maximum Gasteiger partial charge on any atom is 0.416 e. The molecule has 6 nitrogen and oxygen atoms in total. The van der Waals surface area contributed by atoms with Crippen LogP contribution in [0, 0.1) is 0 Å². The summed E-state index contributed by atoms with van der Waals surface area (Å²) in [5.41, 5.74) is 1.48. The topological polar surface area (TPSA) is 72.7 Å². The van der Waals surface area contributed by atoms with Crippen molar-refractivity contribution in [3.05, 3.63) is 65.7 Å². The molecule has 0 aliphatic rings. The van der Waals surface area contributed by atoms with Gasteiger partial charge >= 0.3 is 6.18 Å². The van der Waals surface area contributed by atoms with Gasteiger partial charge in [-0.25, -0.2) is 0 Å². The number of hydrogen-bond acceptors (Lipinski definition) is 4. The summed E-state index contributed by atoms with van der Waals surface area (Å²) in [6, 6.07) is 6.51. The number of hydrogen-bond donors (Lipinski definition) is 1. The fourth-order valence-corrected chi connectivity index (χ4v) is 2.52. The molecule has 0 fully saturated rings. The van der Waals surface area contributed by atoms with Crippen molar-refractivity contribution in [3.63, 3.8) is 0 Å². The van der Waals surface area contributed by atoms with Crippen molar-refractivity contribution in [2.24, 2.45) is 7.05 Å². The van der Waals surface area contributed by atoms with E-state index in [1.807, 2.05) is 0 Å². The molecule has 27 heavy (non-hydrogen) atoms. The van der Waals surface area contributed by atoms with E-state index in [9.17, 15) is 18.0 Å². The number of alkyl halides is 3. The highest BCUT2D eigenvalue weighted by atomic mass is 19.4. The molecule has 0 spiro atoms. The highest BCUT2D eigenvalue weighted by molar-refractivity contribution is 5.78.